The summed E-state index contributed by atoms with van der Waals surface area (Å²) in [5.41, 5.74) is 0.393. The Kier molecular flexibility index (Phi) is 2.94. The highest BCUT2D eigenvalue weighted by atomic mass is 19.1. The fourth-order valence-electron chi connectivity index (χ4n) is 1.82. The van der Waals surface area contributed by atoms with Crippen molar-refractivity contribution in [2.75, 3.05) is 13.1 Å². The number of piperidine rings is 1. The summed E-state index contributed by atoms with van der Waals surface area (Å²) in [6.45, 7) is 1.56. The first-order chi connectivity index (χ1) is 7.27. The van der Waals surface area contributed by atoms with Gasteiger partial charge in [-0.25, -0.2) is 4.98 Å². The highest BCUT2D eigenvalue weighted by molar-refractivity contribution is 5.94. The van der Waals surface area contributed by atoms with Crippen LogP contribution in [0, 0.1) is 5.95 Å². The predicted octanol–water partition coefficient (Wildman–Crippen LogP) is 1.85. The normalized spacial score (nSPS) is 16.5. The molecule has 4 heteroatoms. The molecule has 0 bridgehead atoms. The van der Waals surface area contributed by atoms with E-state index in [0.717, 1.165) is 25.9 Å². The summed E-state index contributed by atoms with van der Waals surface area (Å²) in [4.78, 5) is 17.1. The van der Waals surface area contributed by atoms with Gasteiger partial charge in [0.2, 0.25) is 5.95 Å². The summed E-state index contributed by atoms with van der Waals surface area (Å²) >= 11 is 0. The number of aromatic nitrogens is 1. The molecule has 0 saturated carbocycles. The number of hydrogen-bond donors (Lipinski definition) is 0. The second-order valence-electron chi connectivity index (χ2n) is 3.72. The van der Waals surface area contributed by atoms with Gasteiger partial charge in [0, 0.05) is 30.9 Å². The van der Waals surface area contributed by atoms with Crippen molar-refractivity contribution in [2.45, 2.75) is 19.3 Å². The molecule has 0 radical (unpaired) electrons. The first-order valence-corrected chi connectivity index (χ1v) is 5.18. The molecule has 1 aromatic heterocycles. The standard InChI is InChI=1S/C11H13FN2O/c12-10-8-9(4-5-13-10)11(15)14-6-2-1-3-7-14/h4-5,8H,1-3,6-7H2. The maximum atomic E-state index is 12.8. The minimum Gasteiger partial charge on any atom is -0.339 e. The third kappa shape index (κ3) is 2.32. The molecule has 3 nitrogen and oxygen atoms in total. The average Bonchev–Trinajstić information content (AvgIpc) is 2.29. The third-order valence-electron chi connectivity index (χ3n) is 2.62. The lowest BCUT2D eigenvalue weighted by Gasteiger charge is -2.26. The van der Waals surface area contributed by atoms with Gasteiger partial charge in [0.1, 0.15) is 0 Å². The van der Waals surface area contributed by atoms with Crippen LogP contribution in [-0.2, 0) is 0 Å². The van der Waals surface area contributed by atoms with Gasteiger partial charge < -0.3 is 4.90 Å². The summed E-state index contributed by atoms with van der Waals surface area (Å²) in [5.74, 6) is -0.686. The molecular weight excluding hydrogens is 195 g/mol. The Hall–Kier alpha value is -1.45. The Morgan fingerprint density at radius 1 is 1.33 bits per heavy atom. The Bertz CT molecular complexity index is 361. The van der Waals surface area contributed by atoms with Gasteiger partial charge in [0.15, 0.2) is 0 Å². The minimum absolute atomic E-state index is 0.0870. The van der Waals surface area contributed by atoms with Crippen LogP contribution in [0.4, 0.5) is 4.39 Å². The zero-order valence-electron chi connectivity index (χ0n) is 8.45. The van der Waals surface area contributed by atoms with E-state index in [9.17, 15) is 9.18 Å². The number of halogens is 1. The molecule has 0 aromatic carbocycles. The summed E-state index contributed by atoms with van der Waals surface area (Å²) in [5, 5.41) is 0. The molecule has 1 saturated heterocycles. The molecular formula is C11H13FN2O. The van der Waals surface area contributed by atoms with E-state index < -0.39 is 5.95 Å². The lowest BCUT2D eigenvalue weighted by Crippen LogP contribution is -2.35. The van der Waals surface area contributed by atoms with Crippen molar-refractivity contribution >= 4 is 5.91 Å². The summed E-state index contributed by atoms with van der Waals surface area (Å²) in [7, 11) is 0. The molecule has 2 rings (SSSR count). The maximum Gasteiger partial charge on any atom is 0.254 e. The smallest absolute Gasteiger partial charge is 0.254 e. The second-order valence-corrected chi connectivity index (χ2v) is 3.72. The van der Waals surface area contributed by atoms with Crippen molar-refractivity contribution in [3.05, 3.63) is 29.8 Å². The first-order valence-electron chi connectivity index (χ1n) is 5.18. The third-order valence-corrected chi connectivity index (χ3v) is 2.62. The second kappa shape index (κ2) is 4.38. The first kappa shape index (κ1) is 10.1. The highest BCUT2D eigenvalue weighted by Gasteiger charge is 2.18. The molecule has 0 unspecified atom stereocenters. The van der Waals surface area contributed by atoms with Crippen molar-refractivity contribution in [1.29, 1.82) is 0 Å². The van der Waals surface area contributed by atoms with Crippen LogP contribution in [0.1, 0.15) is 29.6 Å². The summed E-state index contributed by atoms with van der Waals surface area (Å²) in [6.07, 6.45) is 4.58. The number of hydrogen-bond acceptors (Lipinski definition) is 2. The van der Waals surface area contributed by atoms with E-state index in [4.69, 9.17) is 0 Å². The van der Waals surface area contributed by atoms with Gasteiger partial charge >= 0.3 is 0 Å². The number of nitrogens with zero attached hydrogens (tertiary/aromatic N) is 2. The van der Waals surface area contributed by atoms with Crippen LogP contribution in [-0.4, -0.2) is 28.9 Å². The van der Waals surface area contributed by atoms with Crippen molar-refractivity contribution in [1.82, 2.24) is 9.88 Å². The Morgan fingerprint density at radius 3 is 2.73 bits per heavy atom. The van der Waals surface area contributed by atoms with Gasteiger partial charge in [0.25, 0.3) is 5.91 Å². The van der Waals surface area contributed by atoms with Crippen LogP contribution in [0.3, 0.4) is 0 Å². The monoisotopic (exact) mass is 208 g/mol. The summed E-state index contributed by atoms with van der Waals surface area (Å²) < 4.78 is 12.8. The van der Waals surface area contributed by atoms with Crippen LogP contribution in [0.15, 0.2) is 18.3 Å². The number of carbonyl (C=O) groups is 1. The number of likely N-dealkylation sites (tertiary alicyclic amines) is 1. The number of pyridine rings is 1. The Labute approximate surface area is 87.9 Å². The van der Waals surface area contributed by atoms with Gasteiger partial charge in [-0.2, -0.15) is 4.39 Å². The molecule has 1 aliphatic rings. The molecule has 0 spiro atoms. The van der Waals surface area contributed by atoms with E-state index in [-0.39, 0.29) is 5.91 Å². The van der Waals surface area contributed by atoms with Gasteiger partial charge in [-0.1, -0.05) is 0 Å². The van der Waals surface area contributed by atoms with Gasteiger partial charge in [-0.3, -0.25) is 4.79 Å². The topological polar surface area (TPSA) is 33.2 Å². The largest absolute Gasteiger partial charge is 0.339 e. The van der Waals surface area contributed by atoms with Crippen LogP contribution in [0.2, 0.25) is 0 Å². The zero-order valence-corrected chi connectivity index (χ0v) is 8.45. The van der Waals surface area contributed by atoms with Crippen molar-refractivity contribution in [3.63, 3.8) is 0 Å². The molecule has 1 aliphatic heterocycles. The van der Waals surface area contributed by atoms with E-state index >= 15 is 0 Å². The van der Waals surface area contributed by atoms with Crippen LogP contribution in [0.25, 0.3) is 0 Å². The van der Waals surface area contributed by atoms with E-state index in [1.165, 1.54) is 18.7 Å². The van der Waals surface area contributed by atoms with Crippen LogP contribution < -0.4 is 0 Å². The molecule has 1 fully saturated rings. The van der Waals surface area contributed by atoms with Gasteiger partial charge in [0.05, 0.1) is 0 Å². The fraction of sp³-hybridized carbons (Fsp3) is 0.455. The van der Waals surface area contributed by atoms with E-state index in [1.54, 1.807) is 11.0 Å². The highest BCUT2D eigenvalue weighted by Crippen LogP contribution is 2.12. The van der Waals surface area contributed by atoms with Gasteiger partial charge in [-0.15, -0.1) is 0 Å². The molecule has 1 aromatic rings. The number of amides is 1. The minimum atomic E-state index is -0.599. The van der Waals surface area contributed by atoms with Crippen LogP contribution in [0.5, 0.6) is 0 Å². The molecule has 0 N–H and O–H groups in total. The molecule has 0 aliphatic carbocycles. The zero-order chi connectivity index (χ0) is 10.7. The maximum absolute atomic E-state index is 12.8. The van der Waals surface area contributed by atoms with Crippen molar-refractivity contribution in [3.8, 4) is 0 Å². The van der Waals surface area contributed by atoms with Crippen LogP contribution >= 0.6 is 0 Å². The summed E-state index contributed by atoms with van der Waals surface area (Å²) in [6, 6.07) is 2.75. The lowest BCUT2D eigenvalue weighted by molar-refractivity contribution is 0.0723. The predicted molar refractivity (Wildman–Crippen MR) is 53.9 cm³/mol. The average molecular weight is 208 g/mol. The van der Waals surface area contributed by atoms with Crippen molar-refractivity contribution in [2.24, 2.45) is 0 Å². The van der Waals surface area contributed by atoms with E-state index in [0.29, 0.717) is 5.56 Å². The fourth-order valence-corrected chi connectivity index (χ4v) is 1.82. The molecule has 1 amide bonds. The van der Waals surface area contributed by atoms with Gasteiger partial charge in [-0.05, 0) is 25.3 Å². The molecule has 15 heavy (non-hydrogen) atoms. The quantitative estimate of drug-likeness (QED) is 0.660. The Morgan fingerprint density at radius 2 is 2.07 bits per heavy atom. The molecule has 0 atom stereocenters. The number of carbonyl (C=O) groups excluding carboxylic acids is 1. The lowest BCUT2D eigenvalue weighted by atomic mass is 10.1. The Balaban J connectivity index is 2.12. The van der Waals surface area contributed by atoms with E-state index in [1.807, 2.05) is 0 Å². The molecule has 80 valence electrons. The number of rotatable bonds is 1. The molecule has 2 heterocycles. The van der Waals surface area contributed by atoms with E-state index in [2.05, 4.69) is 4.98 Å². The SMILES string of the molecule is O=C(c1ccnc(F)c1)N1CCCCC1. The van der Waals surface area contributed by atoms with Crippen molar-refractivity contribution < 1.29 is 9.18 Å².